The fourth-order valence-corrected chi connectivity index (χ4v) is 5.73. The quantitative estimate of drug-likeness (QED) is 0.592. The largest absolute Gasteiger partial charge is 0.356 e. The van der Waals surface area contributed by atoms with E-state index >= 15 is 0 Å². The van der Waals surface area contributed by atoms with E-state index in [1.807, 2.05) is 0 Å². The predicted molar refractivity (Wildman–Crippen MR) is 104 cm³/mol. The minimum absolute atomic E-state index is 0.0311. The minimum Gasteiger partial charge on any atom is -0.356 e. The molecule has 1 heterocycles. The number of rotatable bonds is 4. The summed E-state index contributed by atoms with van der Waals surface area (Å²) in [5, 5.41) is 0.406. The molecule has 0 spiro atoms. The molecule has 2 amide bonds. The van der Waals surface area contributed by atoms with Gasteiger partial charge in [-0.1, -0.05) is 24.4 Å². The first-order valence-electron chi connectivity index (χ1n) is 8.21. The average Bonchev–Trinajstić information content (AvgIpc) is 3.30. The van der Waals surface area contributed by atoms with Gasteiger partial charge in [0.05, 0.1) is 4.90 Å². The summed E-state index contributed by atoms with van der Waals surface area (Å²) in [6, 6.07) is 7.26. The highest BCUT2D eigenvalue weighted by molar-refractivity contribution is 9.10. The van der Waals surface area contributed by atoms with E-state index in [0.717, 1.165) is 0 Å². The van der Waals surface area contributed by atoms with Gasteiger partial charge in [-0.15, -0.1) is 0 Å². The Bertz CT molecular complexity index is 966. The third-order valence-corrected chi connectivity index (χ3v) is 7.87. The first-order valence-corrected chi connectivity index (χ1v) is 10.9. The van der Waals surface area contributed by atoms with Gasteiger partial charge in [0, 0.05) is 15.7 Å². The van der Waals surface area contributed by atoms with Crippen LogP contribution >= 0.6 is 27.5 Å². The molecule has 1 aromatic heterocycles. The molecule has 3 rings (SSSR count). The van der Waals surface area contributed by atoms with E-state index < -0.39 is 26.4 Å². The van der Waals surface area contributed by atoms with Gasteiger partial charge in [-0.2, -0.15) is 0 Å². The zero-order chi connectivity index (χ0) is 19.7. The summed E-state index contributed by atoms with van der Waals surface area (Å²) in [6.07, 6.45) is 3.16. The first-order chi connectivity index (χ1) is 12.8. The van der Waals surface area contributed by atoms with Gasteiger partial charge in [0.25, 0.3) is 11.8 Å². The number of hydrogen-bond donors (Lipinski definition) is 3. The number of hydrogen-bond acceptors (Lipinski definition) is 4. The second kappa shape index (κ2) is 7.65. The molecule has 0 aliphatic heterocycles. The second-order valence-corrected chi connectivity index (χ2v) is 9.91. The molecule has 144 valence electrons. The Balaban J connectivity index is 1.82. The number of sulfone groups is 1. The van der Waals surface area contributed by atoms with Gasteiger partial charge in [-0.25, -0.2) is 8.42 Å². The van der Waals surface area contributed by atoms with Gasteiger partial charge in [-0.05, 0) is 59.1 Å². The van der Waals surface area contributed by atoms with E-state index in [2.05, 4.69) is 31.8 Å². The summed E-state index contributed by atoms with van der Waals surface area (Å²) >= 11 is 9.05. The Morgan fingerprint density at radius 2 is 1.74 bits per heavy atom. The fraction of sp³-hybridized carbons (Fsp3) is 0.294. The number of carbonyl (C=O) groups is 2. The minimum atomic E-state index is -3.96. The Labute approximate surface area is 169 Å². The smallest absolute Gasteiger partial charge is 0.286 e. The molecular formula is C17H17BrClN3O4S. The van der Waals surface area contributed by atoms with Crippen molar-refractivity contribution in [3.05, 3.63) is 51.7 Å². The Morgan fingerprint density at radius 3 is 2.30 bits per heavy atom. The highest BCUT2D eigenvalue weighted by atomic mass is 79.9. The molecule has 1 aliphatic carbocycles. The van der Waals surface area contributed by atoms with Gasteiger partial charge >= 0.3 is 0 Å². The lowest BCUT2D eigenvalue weighted by molar-refractivity contribution is -0.124. The van der Waals surface area contributed by atoms with E-state index in [0.29, 0.717) is 22.3 Å². The lowest BCUT2D eigenvalue weighted by Gasteiger charge is -2.27. The molecule has 0 bridgehead atoms. The van der Waals surface area contributed by atoms with Crippen LogP contribution in [0.1, 0.15) is 36.2 Å². The molecule has 1 aliphatic rings. The number of hydrazine groups is 1. The first kappa shape index (κ1) is 19.9. The van der Waals surface area contributed by atoms with Crippen molar-refractivity contribution >= 4 is 49.2 Å². The number of halogens is 2. The Kier molecular flexibility index (Phi) is 5.64. The highest BCUT2D eigenvalue weighted by Gasteiger charge is 2.53. The van der Waals surface area contributed by atoms with Crippen LogP contribution in [0.5, 0.6) is 0 Å². The molecule has 0 saturated heterocycles. The van der Waals surface area contributed by atoms with Crippen molar-refractivity contribution in [3.8, 4) is 0 Å². The molecule has 10 heteroatoms. The monoisotopic (exact) mass is 473 g/mol. The number of benzene rings is 1. The summed E-state index contributed by atoms with van der Waals surface area (Å²) < 4.78 is 25.5. The molecule has 27 heavy (non-hydrogen) atoms. The number of amides is 2. The maximum Gasteiger partial charge on any atom is 0.286 e. The number of aromatic nitrogens is 1. The van der Waals surface area contributed by atoms with Gasteiger partial charge in [0.15, 0.2) is 14.6 Å². The number of nitrogens with one attached hydrogen (secondary N) is 3. The van der Waals surface area contributed by atoms with Crippen LogP contribution in [0.25, 0.3) is 0 Å². The standard InChI is InChI=1S/C17H17BrClN3O4S/c18-11-9-14(20-10-11)15(23)21-22-16(24)17(7-1-2-8-17)27(25,26)13-5-3-12(19)4-6-13/h3-6,9-10,20H,1-2,7-8H2,(H,21,23)(H,22,24). The molecule has 0 unspecified atom stereocenters. The number of aromatic amines is 1. The lowest BCUT2D eigenvalue weighted by atomic mass is 10.1. The fourth-order valence-electron chi connectivity index (χ4n) is 3.20. The zero-order valence-electron chi connectivity index (χ0n) is 14.1. The van der Waals surface area contributed by atoms with E-state index in [9.17, 15) is 18.0 Å². The van der Waals surface area contributed by atoms with Crippen molar-refractivity contribution in [2.24, 2.45) is 0 Å². The van der Waals surface area contributed by atoms with E-state index in [1.54, 1.807) is 6.20 Å². The molecule has 1 fully saturated rings. The molecule has 1 aromatic carbocycles. The second-order valence-electron chi connectivity index (χ2n) is 6.30. The van der Waals surface area contributed by atoms with Crippen LogP contribution in [0.15, 0.2) is 45.9 Å². The SMILES string of the molecule is O=C(NNC(=O)C1(S(=O)(=O)c2ccc(Cl)cc2)CCCC1)c1cc(Br)c[nH]1. The van der Waals surface area contributed by atoms with Gasteiger partial charge < -0.3 is 4.98 Å². The summed E-state index contributed by atoms with van der Waals surface area (Å²) in [4.78, 5) is 27.7. The summed E-state index contributed by atoms with van der Waals surface area (Å²) in [6.45, 7) is 0. The van der Waals surface area contributed by atoms with Crippen molar-refractivity contribution < 1.29 is 18.0 Å². The van der Waals surface area contributed by atoms with Crippen molar-refractivity contribution in [1.29, 1.82) is 0 Å². The normalized spacial score (nSPS) is 16.1. The molecule has 1 saturated carbocycles. The molecule has 2 aromatic rings. The maximum absolute atomic E-state index is 13.2. The van der Waals surface area contributed by atoms with Crippen LogP contribution in [0.3, 0.4) is 0 Å². The van der Waals surface area contributed by atoms with Gasteiger partial charge in [0.1, 0.15) is 5.69 Å². The third-order valence-electron chi connectivity index (χ3n) is 4.65. The van der Waals surface area contributed by atoms with Crippen LogP contribution in [0.4, 0.5) is 0 Å². The highest BCUT2D eigenvalue weighted by Crippen LogP contribution is 2.40. The maximum atomic E-state index is 13.2. The van der Waals surface area contributed by atoms with Crippen molar-refractivity contribution in [2.75, 3.05) is 0 Å². The van der Waals surface area contributed by atoms with E-state index in [1.165, 1.54) is 30.3 Å². The summed E-state index contributed by atoms with van der Waals surface area (Å²) in [7, 11) is -3.96. The van der Waals surface area contributed by atoms with Gasteiger partial charge in [0.2, 0.25) is 0 Å². The van der Waals surface area contributed by atoms with Crippen LogP contribution in [0, 0.1) is 0 Å². The zero-order valence-corrected chi connectivity index (χ0v) is 17.2. The van der Waals surface area contributed by atoms with E-state index in [4.69, 9.17) is 11.6 Å². The Hall–Kier alpha value is -1.84. The molecule has 0 atom stereocenters. The van der Waals surface area contributed by atoms with Crippen LogP contribution in [0.2, 0.25) is 5.02 Å². The topological polar surface area (TPSA) is 108 Å². The molecule has 0 radical (unpaired) electrons. The molecular weight excluding hydrogens is 458 g/mol. The van der Waals surface area contributed by atoms with Crippen LogP contribution in [-0.2, 0) is 14.6 Å². The van der Waals surface area contributed by atoms with Crippen LogP contribution in [-0.4, -0.2) is 30.0 Å². The van der Waals surface area contributed by atoms with E-state index in [-0.39, 0.29) is 23.4 Å². The van der Waals surface area contributed by atoms with Crippen LogP contribution < -0.4 is 10.9 Å². The third kappa shape index (κ3) is 3.76. The van der Waals surface area contributed by atoms with Crippen molar-refractivity contribution in [2.45, 2.75) is 35.3 Å². The number of carbonyl (C=O) groups excluding carboxylic acids is 2. The Morgan fingerprint density at radius 1 is 1.11 bits per heavy atom. The van der Waals surface area contributed by atoms with Crippen molar-refractivity contribution in [1.82, 2.24) is 15.8 Å². The number of H-pyrrole nitrogens is 1. The molecule has 3 N–H and O–H groups in total. The summed E-state index contributed by atoms with van der Waals surface area (Å²) in [5.74, 6) is -1.32. The van der Waals surface area contributed by atoms with Gasteiger partial charge in [-0.3, -0.25) is 20.4 Å². The molecule has 7 nitrogen and oxygen atoms in total. The average molecular weight is 475 g/mol. The summed E-state index contributed by atoms with van der Waals surface area (Å²) in [5.41, 5.74) is 4.78. The predicted octanol–water partition coefficient (Wildman–Crippen LogP) is 2.98. The lowest BCUT2D eigenvalue weighted by Crippen LogP contribution is -2.55. The van der Waals surface area contributed by atoms with Crippen molar-refractivity contribution in [3.63, 3.8) is 0 Å².